The third kappa shape index (κ3) is 35.2. The van der Waals surface area contributed by atoms with Crippen LogP contribution >= 0.6 is 0 Å². The maximum absolute atomic E-state index is 10.4. The van der Waals surface area contributed by atoms with Gasteiger partial charge in [0.1, 0.15) is 0 Å². The molecule has 3 atom stereocenters. The molecule has 0 aliphatic rings. The van der Waals surface area contributed by atoms with Crippen LogP contribution in [0, 0.1) is 17.8 Å². The number of aliphatic carboxylic acids is 3. The Bertz CT molecular complexity index is 409. The maximum Gasteiger partial charge on any atom is 0.306 e. The van der Waals surface area contributed by atoms with E-state index < -0.39 is 17.9 Å². The number of carboxylic acids is 3. The standard InChI is InChI=1S/3C8H16O2.C4H10O.Ti/c3*1-3-5-6-7(4-2)8(9)10;1-2-3-4-5;/h3*7H,3-6H2,1-2H3,(H,9,10);5H,2-4H2,1H3;. The molecule has 0 bridgehead atoms. The first kappa shape index (κ1) is 45.0. The van der Waals surface area contributed by atoms with Crippen molar-refractivity contribution in [2.24, 2.45) is 17.8 Å². The molecule has 0 aliphatic carbocycles. The van der Waals surface area contributed by atoms with Crippen molar-refractivity contribution in [3.8, 4) is 0 Å². The SMILES string of the molecule is CCCCC(CC)C(=O)O.CCCCC(CC)C(=O)O.CCCCC(CC)C(=O)O.CCCCO.[Ti]. The number of hydrogen-bond donors (Lipinski definition) is 4. The van der Waals surface area contributed by atoms with Crippen LogP contribution in [0.4, 0.5) is 0 Å². The van der Waals surface area contributed by atoms with Crippen LogP contribution in [0.3, 0.4) is 0 Å². The van der Waals surface area contributed by atoms with Gasteiger partial charge >= 0.3 is 17.9 Å². The number of aliphatic hydroxyl groups is 1. The van der Waals surface area contributed by atoms with Crippen molar-refractivity contribution in [3.05, 3.63) is 0 Å². The smallest absolute Gasteiger partial charge is 0.306 e. The van der Waals surface area contributed by atoms with Gasteiger partial charge in [0.05, 0.1) is 17.8 Å². The second-order valence-corrected chi connectivity index (χ2v) is 8.83. The van der Waals surface area contributed by atoms with Gasteiger partial charge in [0.2, 0.25) is 0 Å². The van der Waals surface area contributed by atoms with Crippen molar-refractivity contribution in [1.82, 2.24) is 0 Å². The van der Waals surface area contributed by atoms with Crippen molar-refractivity contribution in [2.75, 3.05) is 6.61 Å². The van der Waals surface area contributed by atoms with Gasteiger partial charge in [0.25, 0.3) is 0 Å². The Kier molecular flexibility index (Phi) is 45.3. The van der Waals surface area contributed by atoms with Crippen LogP contribution in [0.25, 0.3) is 0 Å². The monoisotopic (exact) mass is 554 g/mol. The van der Waals surface area contributed by atoms with Gasteiger partial charge in [-0.3, -0.25) is 14.4 Å². The first-order valence-electron chi connectivity index (χ1n) is 13.9. The van der Waals surface area contributed by atoms with E-state index in [-0.39, 0.29) is 39.5 Å². The molecule has 0 rings (SSSR count). The molecule has 0 radical (unpaired) electrons. The van der Waals surface area contributed by atoms with E-state index in [1.807, 2.05) is 20.8 Å². The Morgan fingerprint density at radius 3 is 0.806 bits per heavy atom. The summed E-state index contributed by atoms with van der Waals surface area (Å²) >= 11 is 0. The summed E-state index contributed by atoms with van der Waals surface area (Å²) in [5.41, 5.74) is 0. The average molecular weight is 555 g/mol. The normalized spacial score (nSPS) is 12.0. The molecule has 36 heavy (non-hydrogen) atoms. The van der Waals surface area contributed by atoms with Gasteiger partial charge < -0.3 is 20.4 Å². The molecule has 4 N–H and O–H groups in total. The van der Waals surface area contributed by atoms with E-state index in [1.54, 1.807) is 0 Å². The van der Waals surface area contributed by atoms with Gasteiger partial charge in [0.15, 0.2) is 0 Å². The van der Waals surface area contributed by atoms with Crippen LogP contribution in [-0.4, -0.2) is 44.9 Å². The van der Waals surface area contributed by atoms with Gasteiger partial charge in [-0.05, 0) is 44.9 Å². The first-order valence-corrected chi connectivity index (χ1v) is 13.9. The Hall–Kier alpha value is -0.916. The van der Waals surface area contributed by atoms with Crippen molar-refractivity contribution >= 4 is 17.9 Å². The van der Waals surface area contributed by atoms with E-state index in [0.29, 0.717) is 6.61 Å². The minimum absolute atomic E-state index is 0. The molecule has 0 fully saturated rings. The largest absolute Gasteiger partial charge is 0.481 e. The zero-order chi connectivity index (χ0) is 28.1. The summed E-state index contributed by atoms with van der Waals surface area (Å²) in [6, 6.07) is 0. The summed E-state index contributed by atoms with van der Waals surface area (Å²) in [7, 11) is 0. The fourth-order valence-electron chi connectivity index (χ4n) is 3.02. The topological polar surface area (TPSA) is 132 Å². The average Bonchev–Trinajstić information content (AvgIpc) is 2.82. The molecule has 0 amide bonds. The molecule has 0 aliphatic heterocycles. The fraction of sp³-hybridized carbons (Fsp3) is 0.893. The second-order valence-electron chi connectivity index (χ2n) is 8.83. The van der Waals surface area contributed by atoms with Gasteiger partial charge in [-0.2, -0.15) is 0 Å². The Morgan fingerprint density at radius 2 is 0.722 bits per heavy atom. The summed E-state index contributed by atoms with van der Waals surface area (Å²) in [4.78, 5) is 31.3. The number of rotatable bonds is 17. The number of unbranched alkanes of at least 4 members (excludes halogenated alkanes) is 4. The zero-order valence-electron chi connectivity index (χ0n) is 24.4. The quantitative estimate of drug-likeness (QED) is 0.136. The Morgan fingerprint density at radius 1 is 0.500 bits per heavy atom. The molecule has 0 spiro atoms. The van der Waals surface area contributed by atoms with E-state index >= 15 is 0 Å². The predicted octanol–water partition coefficient (Wildman–Crippen LogP) is 7.64. The molecule has 0 saturated carbocycles. The Labute approximate surface area is 236 Å². The van der Waals surface area contributed by atoms with Gasteiger partial charge in [-0.25, -0.2) is 0 Å². The van der Waals surface area contributed by atoms with Crippen LogP contribution in [0.5, 0.6) is 0 Å². The van der Waals surface area contributed by atoms with Crippen molar-refractivity contribution in [2.45, 2.75) is 138 Å². The summed E-state index contributed by atoms with van der Waals surface area (Å²) in [5.74, 6) is -2.26. The van der Waals surface area contributed by atoms with Crippen LogP contribution in [0.1, 0.15) is 138 Å². The molecule has 0 heterocycles. The molecule has 7 nitrogen and oxygen atoms in total. The molecular formula is C28H58O7Ti. The predicted molar refractivity (Wildman–Crippen MR) is 145 cm³/mol. The van der Waals surface area contributed by atoms with Gasteiger partial charge in [-0.1, -0.05) is 93.4 Å². The molecule has 0 aromatic rings. The van der Waals surface area contributed by atoms with Crippen LogP contribution in [0.15, 0.2) is 0 Å². The fourth-order valence-corrected chi connectivity index (χ4v) is 3.02. The first-order chi connectivity index (χ1) is 16.6. The minimum Gasteiger partial charge on any atom is -0.481 e. The van der Waals surface area contributed by atoms with Crippen molar-refractivity contribution in [1.29, 1.82) is 0 Å². The van der Waals surface area contributed by atoms with Gasteiger partial charge in [0, 0.05) is 28.3 Å². The summed E-state index contributed by atoms with van der Waals surface area (Å²) in [6.45, 7) is 14.4. The number of aliphatic hydroxyl groups excluding tert-OH is 1. The molecule has 3 unspecified atom stereocenters. The molecule has 0 saturated heterocycles. The van der Waals surface area contributed by atoms with E-state index in [2.05, 4.69) is 27.7 Å². The van der Waals surface area contributed by atoms with Crippen LogP contribution < -0.4 is 0 Å². The van der Waals surface area contributed by atoms with E-state index in [9.17, 15) is 14.4 Å². The zero-order valence-corrected chi connectivity index (χ0v) is 25.9. The summed E-state index contributed by atoms with van der Waals surface area (Å²) in [5, 5.41) is 33.9. The molecular weight excluding hydrogens is 496 g/mol. The van der Waals surface area contributed by atoms with Crippen LogP contribution in [0.2, 0.25) is 0 Å². The second kappa shape index (κ2) is 36.2. The molecule has 0 aromatic heterocycles. The van der Waals surface area contributed by atoms with E-state index in [0.717, 1.165) is 89.9 Å². The molecule has 0 aromatic carbocycles. The van der Waals surface area contributed by atoms with Crippen molar-refractivity contribution < 1.29 is 56.5 Å². The van der Waals surface area contributed by atoms with Gasteiger partial charge in [-0.15, -0.1) is 0 Å². The Balaban J connectivity index is -0.000000121. The minimum atomic E-state index is -0.643. The number of carbonyl (C=O) groups is 3. The van der Waals surface area contributed by atoms with E-state index in [1.165, 1.54) is 0 Å². The maximum atomic E-state index is 10.4. The third-order valence-corrected chi connectivity index (χ3v) is 5.76. The van der Waals surface area contributed by atoms with E-state index in [4.69, 9.17) is 20.4 Å². The third-order valence-electron chi connectivity index (χ3n) is 5.76. The number of carboxylic acid groups (broad SMARTS) is 3. The van der Waals surface area contributed by atoms with Crippen LogP contribution in [-0.2, 0) is 36.1 Å². The van der Waals surface area contributed by atoms with Crippen molar-refractivity contribution in [3.63, 3.8) is 0 Å². The molecule has 216 valence electrons. The summed E-state index contributed by atoms with van der Waals surface area (Å²) < 4.78 is 0. The molecule has 8 heteroatoms. The summed E-state index contributed by atoms with van der Waals surface area (Å²) in [6.07, 6.45) is 13.2. The number of hydrogen-bond acceptors (Lipinski definition) is 4.